The van der Waals surface area contributed by atoms with Gasteiger partial charge in [-0.25, -0.2) is 0 Å². The number of carbonyl (C=O) groups is 1. The Hall–Kier alpha value is -1.44. The molecule has 0 aliphatic heterocycles. The standard InChI is InChI=1S/C13H21N3O3S/c1-11-6-5-7-12(8-11)9-14-13(17)10-16(4)20(18,19)15(2)3/h5-8H,9-10H2,1-4H3,(H,14,17). The summed E-state index contributed by atoms with van der Waals surface area (Å²) in [5.41, 5.74) is 2.10. The Kier molecular flexibility index (Phi) is 5.67. The van der Waals surface area contributed by atoms with E-state index in [9.17, 15) is 13.2 Å². The van der Waals surface area contributed by atoms with Crippen molar-refractivity contribution in [2.45, 2.75) is 13.5 Å². The van der Waals surface area contributed by atoms with Gasteiger partial charge in [0.2, 0.25) is 5.91 Å². The summed E-state index contributed by atoms with van der Waals surface area (Å²) in [7, 11) is 0.675. The minimum atomic E-state index is -3.56. The SMILES string of the molecule is Cc1cccc(CNC(=O)CN(C)S(=O)(=O)N(C)C)c1. The Morgan fingerprint density at radius 1 is 1.25 bits per heavy atom. The van der Waals surface area contributed by atoms with E-state index in [4.69, 9.17) is 0 Å². The molecule has 0 spiro atoms. The zero-order valence-corrected chi connectivity index (χ0v) is 13.1. The summed E-state index contributed by atoms with van der Waals surface area (Å²) < 4.78 is 25.6. The van der Waals surface area contributed by atoms with Crippen LogP contribution in [0.5, 0.6) is 0 Å². The fraction of sp³-hybridized carbons (Fsp3) is 0.462. The fourth-order valence-corrected chi connectivity index (χ4v) is 2.48. The van der Waals surface area contributed by atoms with Crippen molar-refractivity contribution in [1.29, 1.82) is 0 Å². The Morgan fingerprint density at radius 2 is 1.90 bits per heavy atom. The van der Waals surface area contributed by atoms with Crippen LogP contribution in [0.2, 0.25) is 0 Å². The molecule has 0 fully saturated rings. The van der Waals surface area contributed by atoms with Crippen molar-refractivity contribution in [3.05, 3.63) is 35.4 Å². The van der Waals surface area contributed by atoms with Crippen LogP contribution in [0.1, 0.15) is 11.1 Å². The third-order valence-electron chi connectivity index (χ3n) is 2.79. The van der Waals surface area contributed by atoms with E-state index in [1.54, 1.807) is 0 Å². The van der Waals surface area contributed by atoms with Crippen molar-refractivity contribution >= 4 is 16.1 Å². The highest BCUT2D eigenvalue weighted by atomic mass is 32.2. The number of benzene rings is 1. The van der Waals surface area contributed by atoms with Gasteiger partial charge in [-0.3, -0.25) is 4.79 Å². The third-order valence-corrected chi connectivity index (χ3v) is 4.63. The van der Waals surface area contributed by atoms with Crippen molar-refractivity contribution < 1.29 is 13.2 Å². The second-order valence-electron chi connectivity index (χ2n) is 4.81. The molecular formula is C13H21N3O3S. The summed E-state index contributed by atoms with van der Waals surface area (Å²) in [6.45, 7) is 2.16. The molecule has 0 aliphatic rings. The Morgan fingerprint density at radius 3 is 2.45 bits per heavy atom. The molecule has 0 radical (unpaired) electrons. The molecule has 1 aromatic rings. The molecule has 6 nitrogen and oxygen atoms in total. The summed E-state index contributed by atoms with van der Waals surface area (Å²) >= 11 is 0. The normalized spacial score (nSPS) is 11.9. The van der Waals surface area contributed by atoms with Crippen LogP contribution in [0, 0.1) is 6.92 Å². The molecule has 7 heteroatoms. The van der Waals surface area contributed by atoms with Gasteiger partial charge in [0.25, 0.3) is 10.2 Å². The predicted octanol–water partition coefficient (Wildman–Crippen LogP) is 0.349. The largest absolute Gasteiger partial charge is 0.351 e. The van der Waals surface area contributed by atoms with Crippen LogP contribution < -0.4 is 5.32 Å². The zero-order valence-electron chi connectivity index (χ0n) is 12.3. The molecule has 0 saturated heterocycles. The van der Waals surface area contributed by atoms with Gasteiger partial charge in [-0.15, -0.1) is 0 Å². The van der Waals surface area contributed by atoms with Crippen LogP contribution in [0.15, 0.2) is 24.3 Å². The Bertz CT molecular complexity index is 570. The van der Waals surface area contributed by atoms with E-state index in [1.807, 2.05) is 31.2 Å². The maximum absolute atomic E-state index is 11.8. The highest BCUT2D eigenvalue weighted by molar-refractivity contribution is 7.86. The molecule has 1 N–H and O–H groups in total. The number of carbonyl (C=O) groups excluding carboxylic acids is 1. The molecule has 20 heavy (non-hydrogen) atoms. The molecule has 0 unspecified atom stereocenters. The van der Waals surface area contributed by atoms with E-state index in [0.29, 0.717) is 6.54 Å². The van der Waals surface area contributed by atoms with Gasteiger partial charge in [0.05, 0.1) is 6.54 Å². The van der Waals surface area contributed by atoms with Crippen molar-refractivity contribution in [1.82, 2.24) is 13.9 Å². The van der Waals surface area contributed by atoms with Gasteiger partial charge in [0.15, 0.2) is 0 Å². The van der Waals surface area contributed by atoms with Crippen LogP contribution >= 0.6 is 0 Å². The van der Waals surface area contributed by atoms with Gasteiger partial charge in [-0.05, 0) is 12.5 Å². The van der Waals surface area contributed by atoms with Crippen molar-refractivity contribution in [2.75, 3.05) is 27.7 Å². The van der Waals surface area contributed by atoms with Crippen LogP contribution in [-0.2, 0) is 21.5 Å². The van der Waals surface area contributed by atoms with E-state index in [-0.39, 0.29) is 12.5 Å². The zero-order chi connectivity index (χ0) is 15.3. The molecule has 0 bridgehead atoms. The van der Waals surface area contributed by atoms with E-state index >= 15 is 0 Å². The van der Waals surface area contributed by atoms with Gasteiger partial charge in [-0.2, -0.15) is 17.0 Å². The molecule has 1 amide bonds. The number of rotatable bonds is 6. The molecule has 112 valence electrons. The Balaban J connectivity index is 2.53. The highest BCUT2D eigenvalue weighted by Gasteiger charge is 2.22. The van der Waals surface area contributed by atoms with E-state index in [2.05, 4.69) is 5.32 Å². The van der Waals surface area contributed by atoms with E-state index in [0.717, 1.165) is 19.7 Å². The monoisotopic (exact) mass is 299 g/mol. The van der Waals surface area contributed by atoms with Crippen LogP contribution in [-0.4, -0.2) is 50.6 Å². The topological polar surface area (TPSA) is 69.7 Å². The lowest BCUT2D eigenvalue weighted by atomic mass is 10.1. The van der Waals surface area contributed by atoms with Gasteiger partial charge >= 0.3 is 0 Å². The minimum absolute atomic E-state index is 0.202. The number of amides is 1. The maximum Gasteiger partial charge on any atom is 0.281 e. The highest BCUT2D eigenvalue weighted by Crippen LogP contribution is 2.04. The van der Waals surface area contributed by atoms with Crippen molar-refractivity contribution in [3.63, 3.8) is 0 Å². The van der Waals surface area contributed by atoms with Crippen LogP contribution in [0.3, 0.4) is 0 Å². The molecule has 0 aliphatic carbocycles. The summed E-state index contributed by atoms with van der Waals surface area (Å²) in [5, 5.41) is 2.70. The first-order valence-electron chi connectivity index (χ1n) is 6.19. The second kappa shape index (κ2) is 6.83. The first kappa shape index (κ1) is 16.6. The summed E-state index contributed by atoms with van der Waals surface area (Å²) in [6, 6.07) is 7.77. The van der Waals surface area contributed by atoms with E-state index in [1.165, 1.54) is 21.1 Å². The number of nitrogens with one attached hydrogen (secondary N) is 1. The molecule has 1 aromatic carbocycles. The van der Waals surface area contributed by atoms with Gasteiger partial charge in [-0.1, -0.05) is 29.8 Å². The smallest absolute Gasteiger partial charge is 0.281 e. The lowest BCUT2D eigenvalue weighted by Crippen LogP contribution is -2.43. The van der Waals surface area contributed by atoms with Gasteiger partial charge < -0.3 is 5.32 Å². The van der Waals surface area contributed by atoms with Crippen LogP contribution in [0.4, 0.5) is 0 Å². The predicted molar refractivity (Wildman–Crippen MR) is 78.3 cm³/mol. The molecule has 0 heterocycles. The van der Waals surface area contributed by atoms with Gasteiger partial charge in [0, 0.05) is 27.7 Å². The number of hydrogen-bond donors (Lipinski definition) is 1. The average molecular weight is 299 g/mol. The minimum Gasteiger partial charge on any atom is -0.351 e. The average Bonchev–Trinajstić information content (AvgIpc) is 2.36. The number of nitrogens with zero attached hydrogens (tertiary/aromatic N) is 2. The van der Waals surface area contributed by atoms with E-state index < -0.39 is 10.2 Å². The first-order chi connectivity index (χ1) is 9.23. The number of aryl methyl sites for hydroxylation is 1. The number of hydrogen-bond acceptors (Lipinski definition) is 3. The maximum atomic E-state index is 11.8. The lowest BCUT2D eigenvalue weighted by Gasteiger charge is -2.20. The third kappa shape index (κ3) is 4.59. The van der Waals surface area contributed by atoms with Crippen LogP contribution in [0.25, 0.3) is 0 Å². The Labute approximate surface area is 120 Å². The van der Waals surface area contributed by atoms with Crippen molar-refractivity contribution in [2.24, 2.45) is 0 Å². The first-order valence-corrected chi connectivity index (χ1v) is 7.59. The second-order valence-corrected chi connectivity index (χ2v) is 7.06. The molecule has 0 atom stereocenters. The molecule has 0 aromatic heterocycles. The molecule has 1 rings (SSSR count). The van der Waals surface area contributed by atoms with Crippen molar-refractivity contribution in [3.8, 4) is 0 Å². The summed E-state index contributed by atoms with van der Waals surface area (Å²) in [4.78, 5) is 11.7. The molecular weight excluding hydrogens is 278 g/mol. The fourth-order valence-electron chi connectivity index (χ4n) is 1.64. The quantitative estimate of drug-likeness (QED) is 0.824. The number of likely N-dealkylation sites (N-methyl/N-ethyl adjacent to an activating group) is 1. The molecule has 0 saturated carbocycles. The summed E-state index contributed by atoms with van der Waals surface area (Å²) in [5.74, 6) is -0.334. The van der Waals surface area contributed by atoms with Gasteiger partial charge in [0.1, 0.15) is 0 Å². The lowest BCUT2D eigenvalue weighted by molar-refractivity contribution is -0.121. The summed E-state index contributed by atoms with van der Waals surface area (Å²) in [6.07, 6.45) is 0.